The van der Waals surface area contributed by atoms with E-state index in [1.54, 1.807) is 0 Å². The molecule has 4 heteroatoms. The second-order valence-corrected chi connectivity index (χ2v) is 7.91. The van der Waals surface area contributed by atoms with E-state index in [1.807, 2.05) is 9.80 Å². The lowest BCUT2D eigenvalue weighted by molar-refractivity contribution is -0.904. The Labute approximate surface area is 165 Å². The molecule has 0 aliphatic carbocycles. The maximum absolute atomic E-state index is 2.32. The van der Waals surface area contributed by atoms with Crippen molar-refractivity contribution in [3.05, 3.63) is 0 Å². The second kappa shape index (κ2) is 21.1. The van der Waals surface area contributed by atoms with Crippen LogP contribution in [0.5, 0.6) is 0 Å². The number of piperidine rings is 2. The van der Waals surface area contributed by atoms with Gasteiger partial charge in [-0.2, -0.15) is 0 Å². The Kier molecular flexibility index (Phi) is 24.9. The molecule has 2 saturated heterocycles. The van der Waals surface area contributed by atoms with E-state index in [2.05, 4.69) is 41.5 Å². The Bertz CT molecular complexity index is 199. The molecule has 0 aromatic carbocycles. The highest BCUT2D eigenvalue weighted by Gasteiger charge is 2.19. The van der Waals surface area contributed by atoms with Crippen molar-refractivity contribution in [2.24, 2.45) is 11.8 Å². The molecule has 0 aromatic rings. The summed E-state index contributed by atoms with van der Waals surface area (Å²) in [5.74, 6) is 2.10. The largest absolute Gasteiger partial charge is 0.870 e. The number of hydrogen-bond acceptors (Lipinski definition) is 2. The second-order valence-electron chi connectivity index (χ2n) is 7.91. The van der Waals surface area contributed by atoms with Crippen LogP contribution in [0.1, 0.15) is 92.9 Å². The maximum atomic E-state index is 2.32. The summed E-state index contributed by atoms with van der Waals surface area (Å²) in [5.41, 5.74) is 0. The standard InChI is InChI=1S/2C9H19N.C4H10.2H2O/c2*1-3-9-5-7-10(4-2)8-6-9;1-3-4-2;;/h2*9H,3-8H2,1-2H3;3-4H2,1-2H3;2*1H2. The van der Waals surface area contributed by atoms with Gasteiger partial charge in [0.25, 0.3) is 0 Å². The van der Waals surface area contributed by atoms with Gasteiger partial charge in [-0.1, -0.05) is 53.4 Å². The van der Waals surface area contributed by atoms with Gasteiger partial charge in [0.2, 0.25) is 0 Å². The highest BCUT2D eigenvalue weighted by molar-refractivity contribution is 4.59. The Morgan fingerprint density at radius 1 is 0.538 bits per heavy atom. The molecule has 0 bridgehead atoms. The van der Waals surface area contributed by atoms with E-state index in [4.69, 9.17) is 0 Å². The van der Waals surface area contributed by atoms with E-state index in [0.29, 0.717) is 0 Å². The zero-order chi connectivity index (χ0) is 18.2. The highest BCUT2D eigenvalue weighted by Crippen LogP contribution is 2.13. The molecule has 4 nitrogen and oxygen atoms in total. The minimum Gasteiger partial charge on any atom is -0.870 e. The fraction of sp³-hybridized carbons (Fsp3) is 1.00. The van der Waals surface area contributed by atoms with Gasteiger partial charge in [-0.3, -0.25) is 0 Å². The van der Waals surface area contributed by atoms with Crippen molar-refractivity contribution >= 4 is 0 Å². The fourth-order valence-corrected chi connectivity index (χ4v) is 3.70. The zero-order valence-corrected chi connectivity index (χ0v) is 18.9. The lowest BCUT2D eigenvalue weighted by atomic mass is 9.95. The van der Waals surface area contributed by atoms with Crippen molar-refractivity contribution < 1.29 is 20.8 Å². The summed E-state index contributed by atoms with van der Waals surface area (Å²) in [4.78, 5) is 3.62. The molecule has 162 valence electrons. The summed E-state index contributed by atoms with van der Waals surface area (Å²) in [6.45, 7) is 22.0. The zero-order valence-electron chi connectivity index (χ0n) is 18.9. The Hall–Kier alpha value is -0.160. The van der Waals surface area contributed by atoms with Gasteiger partial charge in [-0.25, -0.2) is 0 Å². The van der Waals surface area contributed by atoms with Crippen LogP contribution in [0.25, 0.3) is 0 Å². The maximum Gasteiger partial charge on any atom is 0.0773 e. The van der Waals surface area contributed by atoms with Crippen LogP contribution >= 0.6 is 0 Å². The summed E-state index contributed by atoms with van der Waals surface area (Å²) in [5, 5.41) is 0. The van der Waals surface area contributed by atoms with Gasteiger partial charge < -0.3 is 20.8 Å². The molecule has 0 amide bonds. The molecule has 26 heavy (non-hydrogen) atoms. The van der Waals surface area contributed by atoms with Crippen molar-refractivity contribution in [3.8, 4) is 0 Å². The quantitative estimate of drug-likeness (QED) is 0.774. The van der Waals surface area contributed by atoms with Crippen molar-refractivity contribution in [3.63, 3.8) is 0 Å². The van der Waals surface area contributed by atoms with Crippen LogP contribution in [0, 0.1) is 11.8 Å². The molecule has 2 aliphatic heterocycles. The number of rotatable bonds is 5. The van der Waals surface area contributed by atoms with E-state index in [9.17, 15) is 0 Å². The summed E-state index contributed by atoms with van der Waals surface area (Å²) in [6, 6.07) is 0. The minimum absolute atomic E-state index is 0. The topological polar surface area (TPSA) is 68.9 Å². The van der Waals surface area contributed by atoms with Crippen molar-refractivity contribution in [1.29, 1.82) is 0 Å². The highest BCUT2D eigenvalue weighted by atomic mass is 16.0. The SMILES string of the molecule is CCC1CC[NH+](CC)CC1.CCC1CC[NH+](CC)CC1.CCCC.[OH-].[OH-]. The molecule has 0 unspecified atom stereocenters. The Morgan fingerprint density at radius 3 is 0.962 bits per heavy atom. The van der Waals surface area contributed by atoms with Crippen molar-refractivity contribution in [2.45, 2.75) is 92.9 Å². The summed E-state index contributed by atoms with van der Waals surface area (Å²) < 4.78 is 0. The summed E-state index contributed by atoms with van der Waals surface area (Å²) in [7, 11) is 0. The lowest BCUT2D eigenvalue weighted by Crippen LogP contribution is -3.12. The van der Waals surface area contributed by atoms with E-state index in [0.717, 1.165) is 11.8 Å². The third-order valence-electron chi connectivity index (χ3n) is 6.28. The molecular weight excluding hydrogens is 324 g/mol. The van der Waals surface area contributed by atoms with Crippen LogP contribution < -0.4 is 9.80 Å². The van der Waals surface area contributed by atoms with Crippen LogP contribution in [-0.2, 0) is 0 Å². The van der Waals surface area contributed by atoms with Gasteiger partial charge in [0.15, 0.2) is 0 Å². The molecule has 2 aliphatic rings. The predicted molar refractivity (Wildman–Crippen MR) is 113 cm³/mol. The molecule has 0 radical (unpaired) electrons. The van der Waals surface area contributed by atoms with Gasteiger partial charge in [0.05, 0.1) is 39.3 Å². The smallest absolute Gasteiger partial charge is 0.0773 e. The predicted octanol–water partition coefficient (Wildman–Crippen LogP) is 2.88. The first kappa shape index (κ1) is 30.6. The normalized spacial score (nSPS) is 27.5. The van der Waals surface area contributed by atoms with Crippen LogP contribution in [-0.4, -0.2) is 50.2 Å². The average molecular weight is 377 g/mol. The molecule has 2 rings (SSSR count). The molecule has 2 heterocycles. The van der Waals surface area contributed by atoms with E-state index in [1.165, 1.54) is 90.6 Å². The van der Waals surface area contributed by atoms with Gasteiger partial charge >= 0.3 is 0 Å². The van der Waals surface area contributed by atoms with E-state index >= 15 is 0 Å². The van der Waals surface area contributed by atoms with Crippen molar-refractivity contribution in [2.75, 3.05) is 39.3 Å². The number of unbranched alkanes of at least 4 members (excludes halogenated alkanes) is 1. The summed E-state index contributed by atoms with van der Waals surface area (Å²) >= 11 is 0. The first-order valence-electron chi connectivity index (χ1n) is 11.3. The van der Waals surface area contributed by atoms with Crippen molar-refractivity contribution in [1.82, 2.24) is 0 Å². The lowest BCUT2D eigenvalue weighted by Gasteiger charge is -2.27. The first-order chi connectivity index (χ1) is 11.6. The average Bonchev–Trinajstić information content (AvgIpc) is 2.68. The molecule has 0 spiro atoms. The Balaban J connectivity index is -0.000000319. The number of nitrogens with one attached hydrogen (secondary N) is 2. The number of quaternary nitrogens is 2. The van der Waals surface area contributed by atoms with Gasteiger partial charge in [-0.15, -0.1) is 0 Å². The minimum atomic E-state index is 0. The third kappa shape index (κ3) is 15.0. The molecule has 4 N–H and O–H groups in total. The van der Waals surface area contributed by atoms with E-state index < -0.39 is 0 Å². The van der Waals surface area contributed by atoms with Crippen LogP contribution in [0.15, 0.2) is 0 Å². The van der Waals surface area contributed by atoms with Crippen LogP contribution in [0.2, 0.25) is 0 Å². The third-order valence-corrected chi connectivity index (χ3v) is 6.28. The number of likely N-dealkylation sites (tertiary alicyclic amines) is 2. The van der Waals surface area contributed by atoms with Crippen LogP contribution in [0.3, 0.4) is 0 Å². The summed E-state index contributed by atoms with van der Waals surface area (Å²) in [6.07, 6.45) is 11.3. The number of hydrogen-bond donors (Lipinski definition) is 2. The first-order valence-corrected chi connectivity index (χ1v) is 11.3. The molecule has 0 atom stereocenters. The monoisotopic (exact) mass is 376 g/mol. The fourth-order valence-electron chi connectivity index (χ4n) is 3.70. The molecule has 2 fully saturated rings. The van der Waals surface area contributed by atoms with Crippen LogP contribution in [0.4, 0.5) is 0 Å². The van der Waals surface area contributed by atoms with Gasteiger partial charge in [0, 0.05) is 0 Å². The molecule has 0 saturated carbocycles. The Morgan fingerprint density at radius 2 is 0.808 bits per heavy atom. The van der Waals surface area contributed by atoms with Gasteiger partial charge in [-0.05, 0) is 51.4 Å². The van der Waals surface area contributed by atoms with E-state index in [-0.39, 0.29) is 11.0 Å². The molecular formula is C22H52N2O2. The molecule has 0 aromatic heterocycles. The van der Waals surface area contributed by atoms with Gasteiger partial charge in [0.1, 0.15) is 0 Å².